The first-order valence-corrected chi connectivity index (χ1v) is 5.50. The summed E-state index contributed by atoms with van der Waals surface area (Å²) in [6, 6.07) is -0.359. The molecule has 2 atom stereocenters. The Morgan fingerprint density at radius 3 is 2.93 bits per heavy atom. The van der Waals surface area contributed by atoms with E-state index >= 15 is 0 Å². The Morgan fingerprint density at radius 1 is 1.53 bits per heavy atom. The van der Waals surface area contributed by atoms with Crippen LogP contribution in [0.3, 0.4) is 0 Å². The van der Waals surface area contributed by atoms with Crippen LogP contribution >= 0.6 is 0 Å². The Labute approximate surface area is 89.2 Å². The maximum absolute atomic E-state index is 12.0. The molecule has 2 aliphatic heterocycles. The lowest BCUT2D eigenvalue weighted by molar-refractivity contribution is -0.135. The van der Waals surface area contributed by atoms with Crippen molar-refractivity contribution in [2.24, 2.45) is 5.92 Å². The van der Waals surface area contributed by atoms with Crippen molar-refractivity contribution in [1.82, 2.24) is 15.8 Å². The van der Waals surface area contributed by atoms with Gasteiger partial charge in [0, 0.05) is 13.1 Å². The third kappa shape index (κ3) is 2.28. The zero-order valence-electron chi connectivity index (χ0n) is 8.95. The second-order valence-electron chi connectivity index (χ2n) is 4.48. The molecule has 5 nitrogen and oxygen atoms in total. The summed E-state index contributed by atoms with van der Waals surface area (Å²) in [5, 5.41) is 0. The highest BCUT2D eigenvalue weighted by atomic mass is 16.2. The number of nitrogens with zero attached hydrogens (tertiary/aromatic N) is 1. The van der Waals surface area contributed by atoms with Crippen LogP contribution in [0.2, 0.25) is 0 Å². The van der Waals surface area contributed by atoms with Crippen LogP contribution < -0.4 is 10.9 Å². The van der Waals surface area contributed by atoms with Crippen LogP contribution in [0.15, 0.2) is 0 Å². The number of piperidine rings is 1. The van der Waals surface area contributed by atoms with Crippen molar-refractivity contribution in [3.63, 3.8) is 0 Å². The Kier molecular flexibility index (Phi) is 2.90. The van der Waals surface area contributed by atoms with Gasteiger partial charge in [-0.3, -0.25) is 15.0 Å². The number of carbonyl (C=O) groups is 2. The van der Waals surface area contributed by atoms with E-state index in [9.17, 15) is 9.59 Å². The summed E-state index contributed by atoms with van der Waals surface area (Å²) in [5.41, 5.74) is 5.19. The van der Waals surface area contributed by atoms with E-state index in [1.54, 1.807) is 0 Å². The summed E-state index contributed by atoms with van der Waals surface area (Å²) < 4.78 is 0. The van der Waals surface area contributed by atoms with Crippen LogP contribution in [0.4, 0.5) is 0 Å². The summed E-state index contributed by atoms with van der Waals surface area (Å²) in [7, 11) is 0. The monoisotopic (exact) mass is 211 g/mol. The van der Waals surface area contributed by atoms with Crippen LogP contribution in [0.25, 0.3) is 0 Å². The number of amides is 2. The SMILES string of the molecule is CC1CCCN(C(=O)C2CC(=O)NN2)C1. The highest BCUT2D eigenvalue weighted by molar-refractivity contribution is 5.90. The van der Waals surface area contributed by atoms with Crippen LogP contribution in [0, 0.1) is 5.92 Å². The van der Waals surface area contributed by atoms with Crippen molar-refractivity contribution in [2.75, 3.05) is 13.1 Å². The quantitative estimate of drug-likeness (QED) is 0.622. The summed E-state index contributed by atoms with van der Waals surface area (Å²) in [6.45, 7) is 3.81. The molecular weight excluding hydrogens is 194 g/mol. The van der Waals surface area contributed by atoms with Gasteiger partial charge in [-0.2, -0.15) is 0 Å². The fraction of sp³-hybridized carbons (Fsp3) is 0.800. The third-order valence-corrected chi connectivity index (χ3v) is 3.04. The number of nitrogens with one attached hydrogen (secondary N) is 2. The van der Waals surface area contributed by atoms with Crippen LogP contribution in [0.5, 0.6) is 0 Å². The number of hydrogen-bond acceptors (Lipinski definition) is 3. The van der Waals surface area contributed by atoms with Crippen molar-refractivity contribution in [3.05, 3.63) is 0 Å². The minimum atomic E-state index is -0.359. The van der Waals surface area contributed by atoms with Gasteiger partial charge in [0.05, 0.1) is 6.42 Å². The maximum atomic E-state index is 12.0. The van der Waals surface area contributed by atoms with E-state index in [1.165, 1.54) is 6.42 Å². The summed E-state index contributed by atoms with van der Waals surface area (Å²) in [6.07, 6.45) is 2.53. The molecule has 2 N–H and O–H groups in total. The molecule has 0 aromatic carbocycles. The molecule has 2 saturated heterocycles. The molecular formula is C10H17N3O2. The van der Waals surface area contributed by atoms with Crippen LogP contribution in [0.1, 0.15) is 26.2 Å². The Bertz CT molecular complexity index is 280. The molecule has 0 radical (unpaired) electrons. The Hall–Kier alpha value is -1.10. The predicted octanol–water partition coefficient (Wildman–Crippen LogP) is -0.362. The molecule has 0 bridgehead atoms. The molecule has 2 rings (SSSR count). The summed E-state index contributed by atoms with van der Waals surface area (Å²) >= 11 is 0. The second kappa shape index (κ2) is 4.18. The van der Waals surface area contributed by atoms with E-state index < -0.39 is 0 Å². The minimum Gasteiger partial charge on any atom is -0.341 e. The average molecular weight is 211 g/mol. The van der Waals surface area contributed by atoms with Crippen molar-refractivity contribution >= 4 is 11.8 Å². The molecule has 0 aromatic heterocycles. The lowest BCUT2D eigenvalue weighted by Gasteiger charge is -2.32. The van der Waals surface area contributed by atoms with Crippen molar-refractivity contribution in [1.29, 1.82) is 0 Å². The fourth-order valence-corrected chi connectivity index (χ4v) is 2.21. The topological polar surface area (TPSA) is 61.4 Å². The first-order valence-electron chi connectivity index (χ1n) is 5.50. The lowest BCUT2D eigenvalue weighted by atomic mass is 9.99. The van der Waals surface area contributed by atoms with Gasteiger partial charge in [-0.1, -0.05) is 6.92 Å². The number of hydrogen-bond donors (Lipinski definition) is 2. The molecule has 0 saturated carbocycles. The van der Waals surface area contributed by atoms with Crippen molar-refractivity contribution in [2.45, 2.75) is 32.2 Å². The molecule has 2 heterocycles. The zero-order valence-corrected chi connectivity index (χ0v) is 8.95. The fourth-order valence-electron chi connectivity index (χ4n) is 2.21. The van der Waals surface area contributed by atoms with Gasteiger partial charge < -0.3 is 4.90 Å². The number of hydrazine groups is 1. The van der Waals surface area contributed by atoms with E-state index in [-0.39, 0.29) is 24.3 Å². The molecule has 15 heavy (non-hydrogen) atoms. The van der Waals surface area contributed by atoms with Crippen LogP contribution in [-0.4, -0.2) is 35.8 Å². The molecule has 2 amide bonds. The first-order chi connectivity index (χ1) is 7.16. The van der Waals surface area contributed by atoms with Gasteiger partial charge in [0.2, 0.25) is 11.8 Å². The van der Waals surface area contributed by atoms with Crippen molar-refractivity contribution in [3.8, 4) is 0 Å². The molecule has 2 fully saturated rings. The van der Waals surface area contributed by atoms with Crippen molar-refractivity contribution < 1.29 is 9.59 Å². The van der Waals surface area contributed by atoms with E-state index in [0.29, 0.717) is 5.92 Å². The molecule has 0 aromatic rings. The predicted molar refractivity (Wildman–Crippen MR) is 54.7 cm³/mol. The summed E-state index contributed by atoms with van der Waals surface area (Å²) in [5.74, 6) is 0.533. The largest absolute Gasteiger partial charge is 0.341 e. The van der Waals surface area contributed by atoms with Gasteiger partial charge >= 0.3 is 0 Å². The highest BCUT2D eigenvalue weighted by Gasteiger charge is 2.32. The van der Waals surface area contributed by atoms with Gasteiger partial charge in [0.1, 0.15) is 6.04 Å². The molecule has 0 aliphatic carbocycles. The van der Waals surface area contributed by atoms with Gasteiger partial charge in [0.15, 0.2) is 0 Å². The Morgan fingerprint density at radius 2 is 2.33 bits per heavy atom. The second-order valence-corrected chi connectivity index (χ2v) is 4.48. The van der Waals surface area contributed by atoms with E-state index in [0.717, 1.165) is 19.5 Å². The van der Waals surface area contributed by atoms with Gasteiger partial charge in [-0.25, -0.2) is 5.43 Å². The minimum absolute atomic E-state index is 0.0555. The molecule has 2 unspecified atom stereocenters. The van der Waals surface area contributed by atoms with E-state index in [4.69, 9.17) is 0 Å². The first kappa shape index (κ1) is 10.4. The number of carbonyl (C=O) groups excluding carboxylic acids is 2. The van der Waals surface area contributed by atoms with Gasteiger partial charge in [-0.15, -0.1) is 0 Å². The average Bonchev–Trinajstić information content (AvgIpc) is 2.64. The molecule has 84 valence electrons. The molecule has 2 aliphatic rings. The van der Waals surface area contributed by atoms with E-state index in [2.05, 4.69) is 17.8 Å². The van der Waals surface area contributed by atoms with Gasteiger partial charge in [0.25, 0.3) is 0 Å². The van der Waals surface area contributed by atoms with Crippen LogP contribution in [-0.2, 0) is 9.59 Å². The third-order valence-electron chi connectivity index (χ3n) is 3.04. The smallest absolute Gasteiger partial charge is 0.242 e. The molecule has 0 spiro atoms. The zero-order chi connectivity index (χ0) is 10.8. The summed E-state index contributed by atoms with van der Waals surface area (Å²) in [4.78, 5) is 24.8. The standard InChI is InChI=1S/C10H17N3O2/c1-7-3-2-4-13(6-7)10(15)8-5-9(14)12-11-8/h7-8,11H,2-6H2,1H3,(H,12,14). The highest BCUT2D eigenvalue weighted by Crippen LogP contribution is 2.17. The normalized spacial score (nSPS) is 31.5. The molecule has 5 heteroatoms. The Balaban J connectivity index is 1.92. The number of rotatable bonds is 1. The van der Waals surface area contributed by atoms with E-state index in [1.807, 2.05) is 4.90 Å². The maximum Gasteiger partial charge on any atom is 0.242 e. The van der Waals surface area contributed by atoms with Gasteiger partial charge in [-0.05, 0) is 18.8 Å². The number of likely N-dealkylation sites (tertiary alicyclic amines) is 1. The lowest BCUT2D eigenvalue weighted by Crippen LogP contribution is -2.48.